The first-order valence-corrected chi connectivity index (χ1v) is 11.6. The van der Waals surface area contributed by atoms with E-state index in [2.05, 4.69) is 34.5 Å². The number of hydrogen-bond acceptors (Lipinski definition) is 5. The quantitative estimate of drug-likeness (QED) is 0.453. The fraction of sp³-hybridized carbons (Fsp3) is 0.360. The number of piperazine rings is 1. The first-order chi connectivity index (χ1) is 16.3. The van der Waals surface area contributed by atoms with Crippen molar-refractivity contribution in [2.75, 3.05) is 32.7 Å². The van der Waals surface area contributed by atoms with Crippen LogP contribution in [-0.4, -0.2) is 65.3 Å². The normalized spacial score (nSPS) is 15.5. The van der Waals surface area contributed by atoms with E-state index >= 15 is 0 Å². The van der Waals surface area contributed by atoms with Crippen LogP contribution in [0.1, 0.15) is 29.8 Å². The van der Waals surface area contributed by atoms with Gasteiger partial charge in [0.25, 0.3) is 11.6 Å². The van der Waals surface area contributed by atoms with Gasteiger partial charge in [-0.2, -0.15) is 0 Å². The number of carbonyl (C=O) groups excluding carboxylic acids is 2. The molecule has 1 fully saturated rings. The molecule has 8 nitrogen and oxygen atoms in total. The Hall–Kier alpha value is -3.23. The first kappa shape index (κ1) is 25.4. The lowest BCUT2D eigenvalue weighted by atomic mass is 10.0. The molecule has 3 rings (SSSR count). The topological polar surface area (TPSA) is 95.8 Å². The molecule has 1 aliphatic heterocycles. The highest BCUT2D eigenvalue weighted by Gasteiger charge is 2.31. The predicted molar refractivity (Wildman–Crippen MR) is 133 cm³/mol. The average Bonchev–Trinajstić information content (AvgIpc) is 2.82. The van der Waals surface area contributed by atoms with Gasteiger partial charge in [0.05, 0.1) is 15.5 Å². The summed E-state index contributed by atoms with van der Waals surface area (Å²) in [5, 5.41) is 13.6. The number of nitro benzene ring substituents is 1. The second-order valence-corrected chi connectivity index (χ2v) is 8.96. The van der Waals surface area contributed by atoms with Crippen molar-refractivity contribution in [2.24, 2.45) is 5.92 Å². The lowest BCUT2D eigenvalue weighted by molar-refractivity contribution is -0.384. The zero-order valence-electron chi connectivity index (χ0n) is 19.3. The van der Waals surface area contributed by atoms with Crippen molar-refractivity contribution in [3.05, 3.63) is 80.9 Å². The van der Waals surface area contributed by atoms with Gasteiger partial charge in [-0.3, -0.25) is 24.6 Å². The van der Waals surface area contributed by atoms with Crippen LogP contribution in [0, 0.1) is 16.0 Å². The lowest BCUT2D eigenvalue weighted by Gasteiger charge is -2.37. The summed E-state index contributed by atoms with van der Waals surface area (Å²) in [5.41, 5.74) is 1.05. The van der Waals surface area contributed by atoms with E-state index in [0.717, 1.165) is 31.3 Å². The molecule has 0 aliphatic carbocycles. The van der Waals surface area contributed by atoms with Gasteiger partial charge in [-0.15, -0.1) is 0 Å². The van der Waals surface area contributed by atoms with Crippen LogP contribution >= 0.6 is 11.6 Å². The molecule has 1 heterocycles. The van der Waals surface area contributed by atoms with Gasteiger partial charge in [0, 0.05) is 44.9 Å². The molecular weight excluding hydrogens is 456 g/mol. The molecule has 2 aromatic carbocycles. The molecule has 1 atom stereocenters. The van der Waals surface area contributed by atoms with Gasteiger partial charge < -0.3 is 10.2 Å². The number of amides is 2. The predicted octanol–water partition coefficient (Wildman–Crippen LogP) is 3.86. The Labute approximate surface area is 204 Å². The average molecular weight is 485 g/mol. The van der Waals surface area contributed by atoms with E-state index in [4.69, 9.17) is 11.6 Å². The second-order valence-electron chi connectivity index (χ2n) is 8.56. The van der Waals surface area contributed by atoms with Crippen LogP contribution in [0.15, 0.2) is 54.6 Å². The first-order valence-electron chi connectivity index (χ1n) is 11.2. The van der Waals surface area contributed by atoms with E-state index in [9.17, 15) is 19.7 Å². The van der Waals surface area contributed by atoms with Gasteiger partial charge >= 0.3 is 0 Å². The van der Waals surface area contributed by atoms with Crippen LogP contribution in [-0.2, 0) is 4.79 Å². The summed E-state index contributed by atoms with van der Waals surface area (Å²) in [5.74, 6) is -0.808. The number of non-ortho nitro benzene ring substituents is 1. The molecule has 1 aliphatic rings. The maximum Gasteiger partial charge on any atom is 0.270 e. The number of carbonyl (C=O) groups is 2. The highest BCUT2D eigenvalue weighted by atomic mass is 35.5. The Morgan fingerprint density at radius 2 is 1.79 bits per heavy atom. The number of nitro groups is 1. The summed E-state index contributed by atoms with van der Waals surface area (Å²) in [6, 6.07) is 13.0. The Bertz CT molecular complexity index is 1050. The molecule has 0 radical (unpaired) electrons. The summed E-state index contributed by atoms with van der Waals surface area (Å²) < 4.78 is 0. The summed E-state index contributed by atoms with van der Waals surface area (Å²) >= 11 is 6.08. The molecule has 1 saturated heterocycles. The molecule has 0 spiro atoms. The smallest absolute Gasteiger partial charge is 0.270 e. The summed E-state index contributed by atoms with van der Waals surface area (Å²) in [6.07, 6.45) is 4.21. The van der Waals surface area contributed by atoms with Crippen molar-refractivity contribution in [2.45, 2.75) is 19.9 Å². The molecule has 0 aromatic heterocycles. The summed E-state index contributed by atoms with van der Waals surface area (Å²) in [7, 11) is 0. The third-order valence-electron chi connectivity index (χ3n) is 5.78. The Morgan fingerprint density at radius 3 is 2.38 bits per heavy atom. The Morgan fingerprint density at radius 1 is 1.12 bits per heavy atom. The third-order valence-corrected chi connectivity index (χ3v) is 6.10. The van der Waals surface area contributed by atoms with Gasteiger partial charge in [0.2, 0.25) is 5.91 Å². The van der Waals surface area contributed by atoms with E-state index < -0.39 is 16.9 Å². The van der Waals surface area contributed by atoms with Gasteiger partial charge in [-0.1, -0.05) is 67.9 Å². The molecule has 2 aromatic rings. The minimum Gasteiger partial charge on any atom is -0.340 e. The van der Waals surface area contributed by atoms with Crippen LogP contribution < -0.4 is 5.32 Å². The second kappa shape index (κ2) is 11.8. The number of nitrogens with one attached hydrogen (secondary N) is 1. The molecule has 0 saturated carbocycles. The highest BCUT2D eigenvalue weighted by molar-refractivity contribution is 6.34. The Balaban J connectivity index is 1.56. The number of halogens is 1. The molecule has 9 heteroatoms. The van der Waals surface area contributed by atoms with Gasteiger partial charge in [0.1, 0.15) is 6.04 Å². The van der Waals surface area contributed by atoms with Crippen molar-refractivity contribution >= 4 is 35.2 Å². The standard InChI is InChI=1S/C25H29ClN4O4/c1-18(2)23(27-24(31)21-11-10-20(30(33)34)17-22(21)26)25(32)29-15-13-28(14-16-29)12-6-9-19-7-4-3-5-8-19/h3-11,17-18,23H,12-16H2,1-2H3,(H,27,31)/b9-6+/t23-/m0/s1. The van der Waals surface area contributed by atoms with Crippen molar-refractivity contribution in [1.29, 1.82) is 0 Å². The van der Waals surface area contributed by atoms with E-state index in [0.29, 0.717) is 13.1 Å². The van der Waals surface area contributed by atoms with Crippen LogP contribution in [0.3, 0.4) is 0 Å². The number of benzene rings is 2. The highest BCUT2D eigenvalue weighted by Crippen LogP contribution is 2.23. The van der Waals surface area contributed by atoms with Gasteiger partial charge in [0.15, 0.2) is 0 Å². The van der Waals surface area contributed by atoms with Crippen LogP contribution in [0.25, 0.3) is 6.08 Å². The zero-order valence-corrected chi connectivity index (χ0v) is 20.1. The SMILES string of the molecule is CC(C)[C@H](NC(=O)c1ccc([N+](=O)[O-])cc1Cl)C(=O)N1CCN(C/C=C/c2ccccc2)CC1. The lowest BCUT2D eigenvalue weighted by Crippen LogP contribution is -2.56. The monoisotopic (exact) mass is 484 g/mol. The maximum absolute atomic E-state index is 13.2. The Kier molecular flexibility index (Phi) is 8.79. The molecule has 2 amide bonds. The molecule has 34 heavy (non-hydrogen) atoms. The van der Waals surface area contributed by atoms with Gasteiger partial charge in [-0.25, -0.2) is 0 Å². The van der Waals surface area contributed by atoms with Crippen molar-refractivity contribution in [1.82, 2.24) is 15.1 Å². The third kappa shape index (κ3) is 6.65. The summed E-state index contributed by atoms with van der Waals surface area (Å²) in [4.78, 5) is 40.4. The summed E-state index contributed by atoms with van der Waals surface area (Å²) in [6.45, 7) is 7.19. The molecule has 180 valence electrons. The molecule has 1 N–H and O–H groups in total. The molecule has 0 bridgehead atoms. The fourth-order valence-electron chi connectivity index (χ4n) is 3.78. The van der Waals surface area contributed by atoms with Crippen molar-refractivity contribution in [3.8, 4) is 0 Å². The minimum absolute atomic E-state index is 0.0289. The largest absolute Gasteiger partial charge is 0.340 e. The molecular formula is C25H29ClN4O4. The van der Waals surface area contributed by atoms with E-state index in [-0.39, 0.29) is 28.1 Å². The fourth-order valence-corrected chi connectivity index (χ4v) is 4.04. The zero-order chi connectivity index (χ0) is 24.7. The van der Waals surface area contributed by atoms with Crippen molar-refractivity contribution < 1.29 is 14.5 Å². The maximum atomic E-state index is 13.2. The number of rotatable bonds is 8. The van der Waals surface area contributed by atoms with E-state index in [1.165, 1.54) is 12.1 Å². The molecule has 0 unspecified atom stereocenters. The van der Waals surface area contributed by atoms with Crippen LogP contribution in [0.2, 0.25) is 5.02 Å². The van der Waals surface area contributed by atoms with Crippen LogP contribution in [0.5, 0.6) is 0 Å². The number of hydrogen-bond donors (Lipinski definition) is 1. The minimum atomic E-state index is -0.719. The van der Waals surface area contributed by atoms with E-state index in [1.807, 2.05) is 32.0 Å². The van der Waals surface area contributed by atoms with Crippen molar-refractivity contribution in [3.63, 3.8) is 0 Å². The van der Waals surface area contributed by atoms with Crippen LogP contribution in [0.4, 0.5) is 5.69 Å². The number of nitrogens with zero attached hydrogens (tertiary/aromatic N) is 3. The van der Waals surface area contributed by atoms with Gasteiger partial charge in [-0.05, 0) is 17.5 Å². The van der Waals surface area contributed by atoms with E-state index in [1.54, 1.807) is 4.90 Å².